The molecule has 8 nitrogen and oxygen atoms in total. The SMILES string of the molecule is N#Cc1c(N)sc2c1C1(CCC2)CN(c2cc(N3CCC(F)(F)CC3)nc(OC[C@@]34CCCN3C[C@H](F)C4)n2)C1. The average molecular weight is 574 g/mol. The van der Waals surface area contributed by atoms with Crippen molar-refractivity contribution < 1.29 is 17.9 Å². The molecule has 2 atom stereocenters. The molecule has 0 unspecified atom stereocenters. The number of fused-ring (bicyclic) bond motifs is 3. The molecule has 2 N–H and O–H groups in total. The zero-order valence-electron chi connectivity index (χ0n) is 22.5. The first-order valence-corrected chi connectivity index (χ1v) is 15.1. The Bertz CT molecular complexity index is 1350. The molecule has 0 radical (unpaired) electrons. The summed E-state index contributed by atoms with van der Waals surface area (Å²) in [5, 5.41) is 10.4. The zero-order chi connectivity index (χ0) is 27.7. The number of nitriles is 1. The maximum absolute atomic E-state index is 14.3. The summed E-state index contributed by atoms with van der Waals surface area (Å²) < 4.78 is 48.4. The smallest absolute Gasteiger partial charge is 0.320 e. The highest BCUT2D eigenvalue weighted by molar-refractivity contribution is 7.16. The summed E-state index contributed by atoms with van der Waals surface area (Å²) in [5.74, 6) is -1.40. The lowest BCUT2D eigenvalue weighted by molar-refractivity contribution is -0.0221. The fraction of sp³-hybridized carbons (Fsp3) is 0.679. The highest BCUT2D eigenvalue weighted by Gasteiger charge is 2.51. The maximum atomic E-state index is 14.3. The highest BCUT2D eigenvalue weighted by Crippen LogP contribution is 2.51. The minimum Gasteiger partial charge on any atom is -0.461 e. The minimum atomic E-state index is -2.66. The molecule has 0 bridgehead atoms. The van der Waals surface area contributed by atoms with Crippen molar-refractivity contribution in [1.29, 1.82) is 5.26 Å². The largest absolute Gasteiger partial charge is 0.461 e. The molecule has 4 aliphatic heterocycles. The van der Waals surface area contributed by atoms with Gasteiger partial charge in [0.2, 0.25) is 0 Å². The normalized spacial score (nSPS) is 28.7. The van der Waals surface area contributed by atoms with E-state index in [4.69, 9.17) is 15.5 Å². The van der Waals surface area contributed by atoms with Gasteiger partial charge in [-0.15, -0.1) is 11.3 Å². The van der Waals surface area contributed by atoms with Gasteiger partial charge in [-0.25, -0.2) is 13.2 Å². The van der Waals surface area contributed by atoms with Crippen LogP contribution in [0.15, 0.2) is 6.07 Å². The van der Waals surface area contributed by atoms with E-state index in [-0.39, 0.29) is 42.9 Å². The Kier molecular flexibility index (Phi) is 6.13. The number of nitrogens with zero attached hydrogens (tertiary/aromatic N) is 6. The lowest BCUT2D eigenvalue weighted by atomic mass is 9.66. The van der Waals surface area contributed by atoms with Crippen LogP contribution < -0.4 is 20.3 Å². The van der Waals surface area contributed by atoms with Gasteiger partial charge in [0.25, 0.3) is 5.92 Å². The Morgan fingerprint density at radius 1 is 1.07 bits per heavy atom. The van der Waals surface area contributed by atoms with Gasteiger partial charge in [-0.3, -0.25) is 4.90 Å². The zero-order valence-corrected chi connectivity index (χ0v) is 23.3. The van der Waals surface area contributed by atoms with E-state index in [0.29, 0.717) is 54.9 Å². The van der Waals surface area contributed by atoms with E-state index in [9.17, 15) is 18.4 Å². The van der Waals surface area contributed by atoms with Crippen LogP contribution in [0.25, 0.3) is 0 Å². The Hall–Kier alpha value is -2.78. The van der Waals surface area contributed by atoms with Gasteiger partial charge in [0.15, 0.2) is 0 Å². The monoisotopic (exact) mass is 573 g/mol. The number of thiophene rings is 1. The van der Waals surface area contributed by atoms with Crippen molar-refractivity contribution in [2.24, 2.45) is 0 Å². The molecule has 5 aliphatic rings. The van der Waals surface area contributed by atoms with E-state index < -0.39 is 12.1 Å². The molecule has 214 valence electrons. The Labute approximate surface area is 235 Å². The highest BCUT2D eigenvalue weighted by atomic mass is 32.1. The van der Waals surface area contributed by atoms with Crippen molar-refractivity contribution in [3.63, 3.8) is 0 Å². The predicted octanol–water partition coefficient (Wildman–Crippen LogP) is 4.28. The molecule has 6 heterocycles. The number of aromatic nitrogens is 2. The molecule has 4 fully saturated rings. The quantitative estimate of drug-likeness (QED) is 0.567. The van der Waals surface area contributed by atoms with Gasteiger partial charge >= 0.3 is 6.01 Å². The Morgan fingerprint density at radius 2 is 1.82 bits per heavy atom. The van der Waals surface area contributed by atoms with Gasteiger partial charge in [-0.2, -0.15) is 15.2 Å². The van der Waals surface area contributed by atoms with Gasteiger partial charge in [-0.05, 0) is 44.2 Å². The number of anilines is 3. The summed E-state index contributed by atoms with van der Waals surface area (Å²) in [6.07, 6.45) is 4.02. The van der Waals surface area contributed by atoms with Crippen LogP contribution in [0, 0.1) is 11.3 Å². The van der Waals surface area contributed by atoms with E-state index >= 15 is 0 Å². The summed E-state index contributed by atoms with van der Waals surface area (Å²) in [6.45, 7) is 3.41. The number of hydrogen-bond donors (Lipinski definition) is 1. The summed E-state index contributed by atoms with van der Waals surface area (Å²) in [7, 11) is 0. The number of nitrogen functional groups attached to an aromatic ring is 1. The van der Waals surface area contributed by atoms with E-state index in [1.807, 2.05) is 11.0 Å². The average Bonchev–Trinajstić information content (AvgIpc) is 3.54. The molecule has 0 aromatic carbocycles. The fourth-order valence-electron chi connectivity index (χ4n) is 7.72. The van der Waals surface area contributed by atoms with Crippen LogP contribution in [0.1, 0.15) is 60.9 Å². The summed E-state index contributed by atoms with van der Waals surface area (Å²) >= 11 is 1.53. The third-order valence-corrected chi connectivity index (χ3v) is 10.8. The molecule has 2 aromatic rings. The van der Waals surface area contributed by atoms with E-state index in [1.54, 1.807) is 0 Å². The minimum absolute atomic E-state index is 0.143. The van der Waals surface area contributed by atoms with Crippen molar-refractivity contribution >= 4 is 28.0 Å². The van der Waals surface area contributed by atoms with E-state index in [2.05, 4.69) is 20.9 Å². The number of ether oxygens (including phenoxy) is 1. The predicted molar refractivity (Wildman–Crippen MR) is 147 cm³/mol. The first-order valence-electron chi connectivity index (χ1n) is 14.3. The molecule has 7 rings (SSSR count). The lowest BCUT2D eigenvalue weighted by Gasteiger charge is -2.53. The molecule has 40 heavy (non-hydrogen) atoms. The van der Waals surface area contributed by atoms with Crippen LogP contribution in [0.3, 0.4) is 0 Å². The van der Waals surface area contributed by atoms with Crippen molar-refractivity contribution in [2.45, 2.75) is 74.4 Å². The van der Waals surface area contributed by atoms with E-state index in [0.717, 1.165) is 44.2 Å². The van der Waals surface area contributed by atoms with Gasteiger partial charge in [-0.1, -0.05) is 0 Å². The Balaban J connectivity index is 1.16. The maximum Gasteiger partial charge on any atom is 0.320 e. The standard InChI is InChI=1S/C28H34F3N7OS/c29-18-12-27(5-2-8-38(27)14-18)17-39-25-34-21(36-9-6-28(30,31)7-10-36)11-22(35-25)37-15-26(16-37)4-1-3-20-23(26)19(13-32)24(33)40-20/h11,18H,1-10,12,14-17,33H2/t18-,27+/m1/s1. The molecule has 1 spiro atoms. The first kappa shape index (κ1) is 26.1. The van der Waals surface area contributed by atoms with Crippen LogP contribution in [0.4, 0.5) is 29.8 Å². The molecule has 0 saturated carbocycles. The Morgan fingerprint density at radius 3 is 2.58 bits per heavy atom. The van der Waals surface area contributed by atoms with Crippen LogP contribution in [0.2, 0.25) is 0 Å². The second-order valence-corrected chi connectivity index (χ2v) is 13.5. The molecule has 4 saturated heterocycles. The summed E-state index contributed by atoms with van der Waals surface area (Å²) in [4.78, 5) is 16.9. The number of halogens is 3. The third kappa shape index (κ3) is 4.28. The molecule has 0 amide bonds. The second-order valence-electron chi connectivity index (χ2n) is 12.3. The lowest BCUT2D eigenvalue weighted by Crippen LogP contribution is -2.61. The van der Waals surface area contributed by atoms with Crippen molar-refractivity contribution in [3.05, 3.63) is 22.1 Å². The molecule has 2 aromatic heterocycles. The molecule has 12 heteroatoms. The first-order chi connectivity index (χ1) is 19.2. The second kappa shape index (κ2) is 9.38. The van der Waals surface area contributed by atoms with Crippen molar-refractivity contribution in [2.75, 3.05) is 61.4 Å². The van der Waals surface area contributed by atoms with Crippen molar-refractivity contribution in [1.82, 2.24) is 14.9 Å². The topological polar surface area (TPSA) is 94.5 Å². The number of hydrogen-bond acceptors (Lipinski definition) is 9. The van der Waals surface area contributed by atoms with Gasteiger partial charge in [0.1, 0.15) is 35.5 Å². The molecular formula is C28H34F3N7OS. The van der Waals surface area contributed by atoms with E-state index in [1.165, 1.54) is 16.2 Å². The van der Waals surface area contributed by atoms with Crippen LogP contribution in [-0.2, 0) is 11.8 Å². The summed E-state index contributed by atoms with van der Waals surface area (Å²) in [6, 6.07) is 4.41. The van der Waals surface area contributed by atoms with Crippen molar-refractivity contribution in [3.8, 4) is 12.1 Å². The number of alkyl halides is 3. The number of aryl methyl sites for hydroxylation is 1. The molecule has 1 aliphatic carbocycles. The molecular weight excluding hydrogens is 539 g/mol. The van der Waals surface area contributed by atoms with Gasteiger partial charge in [0.05, 0.1) is 11.1 Å². The van der Waals surface area contributed by atoms with Gasteiger partial charge in [0, 0.05) is 68.3 Å². The third-order valence-electron chi connectivity index (χ3n) is 9.75. The summed E-state index contributed by atoms with van der Waals surface area (Å²) in [5.41, 5.74) is 7.45. The fourth-order valence-corrected chi connectivity index (χ4v) is 8.90. The van der Waals surface area contributed by atoms with Crippen LogP contribution in [-0.4, -0.2) is 78.4 Å². The van der Waals surface area contributed by atoms with Crippen LogP contribution in [0.5, 0.6) is 6.01 Å². The number of piperidine rings is 1. The van der Waals surface area contributed by atoms with Crippen LogP contribution >= 0.6 is 11.3 Å². The number of rotatable bonds is 5. The number of nitrogens with two attached hydrogens (primary N) is 1. The van der Waals surface area contributed by atoms with Gasteiger partial charge < -0.3 is 20.3 Å².